The number of piperazine rings is 1. The minimum atomic E-state index is -3.63. The Balaban J connectivity index is 1.80. The summed E-state index contributed by atoms with van der Waals surface area (Å²) < 4.78 is 23.5. The Morgan fingerprint density at radius 1 is 1.10 bits per heavy atom. The molecule has 1 amide bonds. The predicted molar refractivity (Wildman–Crippen MR) is 76.0 cm³/mol. The van der Waals surface area contributed by atoms with E-state index in [1.165, 1.54) is 4.31 Å². The summed E-state index contributed by atoms with van der Waals surface area (Å²) in [5, 5.41) is 5.06. The molecule has 1 aromatic rings. The lowest BCUT2D eigenvalue weighted by Crippen LogP contribution is -2.52. The maximum Gasteiger partial charge on any atom is 0.277 e. The predicted octanol–water partition coefficient (Wildman–Crippen LogP) is -0.0331. The second-order valence-electron chi connectivity index (χ2n) is 4.81. The molecular weight excluding hydrogens is 278 g/mol. The molecule has 1 heterocycles. The van der Waals surface area contributed by atoms with Gasteiger partial charge < -0.3 is 4.90 Å². The van der Waals surface area contributed by atoms with E-state index in [0.29, 0.717) is 25.9 Å². The molecule has 1 saturated heterocycles. The van der Waals surface area contributed by atoms with Crippen molar-refractivity contribution in [1.82, 2.24) is 9.21 Å². The molecule has 1 aromatic carbocycles. The zero-order chi connectivity index (χ0) is 14.6. The largest absolute Gasteiger partial charge is 0.340 e. The molecule has 20 heavy (non-hydrogen) atoms. The molecule has 0 atom stereocenters. The van der Waals surface area contributed by atoms with Crippen LogP contribution in [-0.4, -0.2) is 49.7 Å². The van der Waals surface area contributed by atoms with Crippen molar-refractivity contribution in [2.75, 3.05) is 26.2 Å². The average Bonchev–Trinajstić information content (AvgIpc) is 2.45. The molecule has 1 fully saturated rings. The van der Waals surface area contributed by atoms with E-state index in [1.54, 1.807) is 4.90 Å². The van der Waals surface area contributed by atoms with Crippen LogP contribution in [0.3, 0.4) is 0 Å². The standard InChI is InChI=1S/C13H19N3O3S/c14-20(18,19)16-10-8-15(9-11-16)13(17)7-6-12-4-2-1-3-5-12/h1-5H,6-11H2,(H2,14,18,19). The number of hydrogen-bond donors (Lipinski definition) is 1. The molecule has 7 heteroatoms. The quantitative estimate of drug-likeness (QED) is 0.847. The molecule has 0 unspecified atom stereocenters. The monoisotopic (exact) mass is 297 g/mol. The number of rotatable bonds is 4. The van der Waals surface area contributed by atoms with Gasteiger partial charge >= 0.3 is 0 Å². The smallest absolute Gasteiger partial charge is 0.277 e. The normalized spacial score (nSPS) is 17.1. The summed E-state index contributed by atoms with van der Waals surface area (Å²) >= 11 is 0. The highest BCUT2D eigenvalue weighted by Gasteiger charge is 2.26. The first kappa shape index (κ1) is 15.0. The molecule has 110 valence electrons. The van der Waals surface area contributed by atoms with E-state index in [4.69, 9.17) is 5.14 Å². The third-order valence-electron chi connectivity index (χ3n) is 3.42. The van der Waals surface area contributed by atoms with Crippen LogP contribution in [0.1, 0.15) is 12.0 Å². The van der Waals surface area contributed by atoms with Gasteiger partial charge in [0.15, 0.2) is 0 Å². The van der Waals surface area contributed by atoms with Crippen molar-refractivity contribution < 1.29 is 13.2 Å². The van der Waals surface area contributed by atoms with Gasteiger partial charge in [-0.3, -0.25) is 4.79 Å². The highest BCUT2D eigenvalue weighted by molar-refractivity contribution is 7.86. The Kier molecular flexibility index (Phi) is 4.74. The summed E-state index contributed by atoms with van der Waals surface area (Å²) in [6.07, 6.45) is 1.15. The highest BCUT2D eigenvalue weighted by atomic mass is 32.2. The maximum absolute atomic E-state index is 12.1. The van der Waals surface area contributed by atoms with E-state index in [1.807, 2.05) is 30.3 Å². The first-order valence-corrected chi connectivity index (χ1v) is 8.07. The summed E-state index contributed by atoms with van der Waals surface area (Å²) in [5.41, 5.74) is 1.13. The van der Waals surface area contributed by atoms with Crippen LogP contribution in [0.2, 0.25) is 0 Å². The number of hydrogen-bond acceptors (Lipinski definition) is 3. The molecule has 0 bridgehead atoms. The lowest BCUT2D eigenvalue weighted by Gasteiger charge is -2.33. The highest BCUT2D eigenvalue weighted by Crippen LogP contribution is 2.09. The molecule has 1 aliphatic heterocycles. The van der Waals surface area contributed by atoms with Crippen LogP contribution in [-0.2, 0) is 21.4 Å². The van der Waals surface area contributed by atoms with Crippen LogP contribution in [0.25, 0.3) is 0 Å². The van der Waals surface area contributed by atoms with E-state index in [9.17, 15) is 13.2 Å². The molecule has 0 saturated carbocycles. The number of carbonyl (C=O) groups is 1. The topological polar surface area (TPSA) is 83.7 Å². The maximum atomic E-state index is 12.1. The summed E-state index contributed by atoms with van der Waals surface area (Å²) in [6, 6.07) is 9.83. The summed E-state index contributed by atoms with van der Waals surface area (Å²) in [4.78, 5) is 13.8. The van der Waals surface area contributed by atoms with Crippen molar-refractivity contribution in [3.8, 4) is 0 Å². The number of amides is 1. The molecule has 1 aliphatic rings. The Morgan fingerprint density at radius 2 is 1.70 bits per heavy atom. The average molecular weight is 297 g/mol. The number of aryl methyl sites for hydroxylation is 1. The third-order valence-corrected chi connectivity index (χ3v) is 4.51. The number of nitrogens with two attached hydrogens (primary N) is 1. The van der Waals surface area contributed by atoms with Gasteiger partial charge in [-0.15, -0.1) is 0 Å². The van der Waals surface area contributed by atoms with E-state index in [-0.39, 0.29) is 19.0 Å². The van der Waals surface area contributed by atoms with E-state index in [2.05, 4.69) is 0 Å². The molecular formula is C13H19N3O3S. The van der Waals surface area contributed by atoms with Gasteiger partial charge in [0.2, 0.25) is 5.91 Å². The molecule has 0 spiro atoms. The molecule has 0 radical (unpaired) electrons. The van der Waals surface area contributed by atoms with E-state index < -0.39 is 10.2 Å². The van der Waals surface area contributed by atoms with Crippen molar-refractivity contribution in [2.24, 2.45) is 5.14 Å². The van der Waals surface area contributed by atoms with Gasteiger partial charge in [-0.2, -0.15) is 12.7 Å². The van der Waals surface area contributed by atoms with Gasteiger partial charge in [0.1, 0.15) is 0 Å². The number of benzene rings is 1. The summed E-state index contributed by atoms with van der Waals surface area (Å²) in [7, 11) is -3.63. The van der Waals surface area contributed by atoms with Crippen LogP contribution < -0.4 is 5.14 Å². The molecule has 2 rings (SSSR count). The van der Waals surface area contributed by atoms with E-state index >= 15 is 0 Å². The van der Waals surface area contributed by atoms with Crippen molar-refractivity contribution >= 4 is 16.1 Å². The van der Waals surface area contributed by atoms with E-state index in [0.717, 1.165) is 5.56 Å². The van der Waals surface area contributed by atoms with Gasteiger partial charge in [0.05, 0.1) is 0 Å². The Morgan fingerprint density at radius 3 is 2.25 bits per heavy atom. The SMILES string of the molecule is NS(=O)(=O)N1CCN(C(=O)CCc2ccccc2)CC1. The minimum absolute atomic E-state index is 0.0583. The summed E-state index contributed by atoms with van der Waals surface area (Å²) in [5.74, 6) is 0.0583. The molecule has 0 aliphatic carbocycles. The Hall–Kier alpha value is -1.44. The molecule has 0 aromatic heterocycles. The second kappa shape index (κ2) is 6.34. The fraction of sp³-hybridized carbons (Fsp3) is 0.462. The Bertz CT molecular complexity index is 551. The van der Waals surface area contributed by atoms with Crippen LogP contribution in [0.4, 0.5) is 0 Å². The van der Waals surface area contributed by atoms with Crippen LogP contribution in [0.5, 0.6) is 0 Å². The fourth-order valence-corrected chi connectivity index (χ4v) is 2.92. The van der Waals surface area contributed by atoms with Gasteiger partial charge in [-0.05, 0) is 12.0 Å². The van der Waals surface area contributed by atoms with Crippen LogP contribution >= 0.6 is 0 Å². The molecule has 6 nitrogen and oxygen atoms in total. The van der Waals surface area contributed by atoms with Gasteiger partial charge in [0.25, 0.3) is 10.2 Å². The first-order valence-electron chi connectivity index (χ1n) is 6.56. The van der Waals surface area contributed by atoms with Gasteiger partial charge in [0, 0.05) is 32.6 Å². The lowest BCUT2D eigenvalue weighted by molar-refractivity contribution is -0.132. The van der Waals surface area contributed by atoms with Gasteiger partial charge in [-0.1, -0.05) is 30.3 Å². The van der Waals surface area contributed by atoms with Crippen molar-refractivity contribution in [1.29, 1.82) is 0 Å². The van der Waals surface area contributed by atoms with Gasteiger partial charge in [-0.25, -0.2) is 5.14 Å². The zero-order valence-corrected chi connectivity index (χ0v) is 12.1. The fourth-order valence-electron chi connectivity index (χ4n) is 2.25. The van der Waals surface area contributed by atoms with Crippen LogP contribution in [0.15, 0.2) is 30.3 Å². The first-order chi connectivity index (χ1) is 9.47. The zero-order valence-electron chi connectivity index (χ0n) is 11.2. The number of carbonyl (C=O) groups excluding carboxylic acids is 1. The number of nitrogens with zero attached hydrogens (tertiary/aromatic N) is 2. The van der Waals surface area contributed by atoms with Crippen molar-refractivity contribution in [2.45, 2.75) is 12.8 Å². The minimum Gasteiger partial charge on any atom is -0.340 e. The summed E-state index contributed by atoms with van der Waals surface area (Å²) in [6.45, 7) is 1.36. The Labute approximate surface area is 119 Å². The third kappa shape index (κ3) is 4.03. The lowest BCUT2D eigenvalue weighted by atomic mass is 10.1. The second-order valence-corrected chi connectivity index (χ2v) is 6.36. The van der Waals surface area contributed by atoms with Crippen molar-refractivity contribution in [3.63, 3.8) is 0 Å². The molecule has 2 N–H and O–H groups in total. The van der Waals surface area contributed by atoms with Crippen molar-refractivity contribution in [3.05, 3.63) is 35.9 Å². The van der Waals surface area contributed by atoms with Crippen LogP contribution in [0, 0.1) is 0 Å².